The molecule has 1 heterocycles. The van der Waals surface area contributed by atoms with Crippen molar-refractivity contribution in [2.45, 2.75) is 6.92 Å². The molecule has 0 fully saturated rings. The average Bonchev–Trinajstić information content (AvgIpc) is 2.49. The summed E-state index contributed by atoms with van der Waals surface area (Å²) in [6.45, 7) is 3.18. The number of hydrogen-bond donors (Lipinski definition) is 1. The molecule has 1 rings (SSSR count). The first-order valence-corrected chi connectivity index (χ1v) is 6.71. The molecule has 1 N–H and O–H groups in total. The van der Waals surface area contributed by atoms with E-state index in [0.717, 1.165) is 11.7 Å². The molecule has 0 aliphatic carbocycles. The summed E-state index contributed by atoms with van der Waals surface area (Å²) in [6.07, 6.45) is 2.12. The lowest BCUT2D eigenvalue weighted by Crippen LogP contribution is -2.12. The molecule has 1 aromatic heterocycles. The molecule has 0 aromatic carbocycles. The van der Waals surface area contributed by atoms with E-state index in [1.54, 1.807) is 11.3 Å². The van der Waals surface area contributed by atoms with Gasteiger partial charge < -0.3 is 5.32 Å². The van der Waals surface area contributed by atoms with E-state index in [-0.39, 0.29) is 0 Å². The Bertz CT molecular complexity index is 252. The van der Waals surface area contributed by atoms with Crippen LogP contribution in [0.25, 0.3) is 0 Å². The summed E-state index contributed by atoms with van der Waals surface area (Å²) in [7, 11) is 0. The third-order valence-corrected chi connectivity index (χ3v) is 3.55. The van der Waals surface area contributed by atoms with Crippen molar-refractivity contribution >= 4 is 39.8 Å². The number of nitrogens with one attached hydrogen (secondary N) is 1. The molecule has 0 spiro atoms. The summed E-state index contributed by atoms with van der Waals surface area (Å²) < 4.78 is 0. The van der Waals surface area contributed by atoms with Gasteiger partial charge in [-0.05, 0) is 17.9 Å². The maximum Gasteiger partial charge on any atom is 0.184 e. The van der Waals surface area contributed by atoms with Crippen molar-refractivity contribution in [3.8, 4) is 0 Å². The summed E-state index contributed by atoms with van der Waals surface area (Å²) in [5.74, 6) is 1.84. The number of nitrogens with zero attached hydrogens (tertiary/aromatic N) is 1. The number of thiazole rings is 1. The molecule has 0 amide bonds. The largest absolute Gasteiger partial charge is 0.361 e. The highest BCUT2D eigenvalue weighted by atomic mass is 35.5. The van der Waals surface area contributed by atoms with Crippen LogP contribution in [0.5, 0.6) is 0 Å². The minimum atomic E-state index is 0.574. The van der Waals surface area contributed by atoms with Gasteiger partial charge in [-0.1, -0.05) is 18.5 Å². The van der Waals surface area contributed by atoms with Gasteiger partial charge in [0.05, 0.1) is 0 Å². The Balaban J connectivity index is 2.26. The fourth-order valence-electron chi connectivity index (χ4n) is 0.940. The van der Waals surface area contributed by atoms with Crippen LogP contribution in [0.1, 0.15) is 6.92 Å². The van der Waals surface area contributed by atoms with Gasteiger partial charge in [0.2, 0.25) is 0 Å². The summed E-state index contributed by atoms with van der Waals surface area (Å²) in [6, 6.07) is 0. The van der Waals surface area contributed by atoms with E-state index in [1.807, 2.05) is 17.1 Å². The minimum Gasteiger partial charge on any atom is -0.361 e. The first kappa shape index (κ1) is 11.1. The fourth-order valence-corrected chi connectivity index (χ4v) is 2.47. The maximum absolute atomic E-state index is 5.69. The molecular weight excluding hydrogens is 224 g/mol. The Morgan fingerprint density at radius 3 is 3.08 bits per heavy atom. The second-order valence-corrected chi connectivity index (χ2v) is 5.07. The molecule has 0 saturated carbocycles. The van der Waals surface area contributed by atoms with Gasteiger partial charge in [0.15, 0.2) is 5.13 Å². The molecule has 5 heteroatoms. The number of hydrogen-bond acceptors (Lipinski definition) is 4. The van der Waals surface area contributed by atoms with E-state index < -0.39 is 0 Å². The number of halogens is 1. The lowest BCUT2D eigenvalue weighted by molar-refractivity contribution is 0.701. The SMILES string of the molecule is CSCC(C)CNc1nc(Cl)cs1. The van der Waals surface area contributed by atoms with E-state index in [0.29, 0.717) is 11.1 Å². The molecule has 2 nitrogen and oxygen atoms in total. The Hall–Kier alpha value is 0.0700. The van der Waals surface area contributed by atoms with Gasteiger partial charge >= 0.3 is 0 Å². The van der Waals surface area contributed by atoms with Gasteiger partial charge in [0.25, 0.3) is 0 Å². The van der Waals surface area contributed by atoms with Crippen LogP contribution in [-0.2, 0) is 0 Å². The molecule has 0 saturated heterocycles. The number of anilines is 1. The normalized spacial score (nSPS) is 12.8. The van der Waals surface area contributed by atoms with Crippen molar-refractivity contribution in [1.29, 1.82) is 0 Å². The summed E-state index contributed by atoms with van der Waals surface area (Å²) in [5.41, 5.74) is 0. The molecule has 74 valence electrons. The molecule has 1 atom stereocenters. The second-order valence-electron chi connectivity index (χ2n) is 2.92. The predicted octanol–water partition coefficient (Wildman–Crippen LogP) is 3.21. The van der Waals surface area contributed by atoms with Crippen LogP contribution in [-0.4, -0.2) is 23.5 Å². The lowest BCUT2D eigenvalue weighted by Gasteiger charge is -2.09. The Kier molecular flexibility index (Phi) is 4.91. The van der Waals surface area contributed by atoms with Crippen LogP contribution in [0, 0.1) is 5.92 Å². The minimum absolute atomic E-state index is 0.574. The molecule has 13 heavy (non-hydrogen) atoms. The van der Waals surface area contributed by atoms with Crippen LogP contribution in [0.3, 0.4) is 0 Å². The van der Waals surface area contributed by atoms with Gasteiger partial charge in [-0.2, -0.15) is 11.8 Å². The summed E-state index contributed by atoms with van der Waals surface area (Å²) >= 11 is 9.11. The first-order chi connectivity index (χ1) is 6.22. The van der Waals surface area contributed by atoms with E-state index in [2.05, 4.69) is 23.5 Å². The van der Waals surface area contributed by atoms with Gasteiger partial charge in [-0.15, -0.1) is 11.3 Å². The lowest BCUT2D eigenvalue weighted by atomic mass is 10.2. The predicted molar refractivity (Wildman–Crippen MR) is 63.2 cm³/mol. The molecule has 0 aliphatic rings. The van der Waals surface area contributed by atoms with Gasteiger partial charge in [-0.3, -0.25) is 0 Å². The number of rotatable bonds is 5. The maximum atomic E-state index is 5.69. The zero-order valence-electron chi connectivity index (χ0n) is 7.71. The Morgan fingerprint density at radius 2 is 2.54 bits per heavy atom. The fraction of sp³-hybridized carbons (Fsp3) is 0.625. The van der Waals surface area contributed by atoms with Crippen molar-refractivity contribution in [3.63, 3.8) is 0 Å². The van der Waals surface area contributed by atoms with Crippen LogP contribution in [0.15, 0.2) is 5.38 Å². The first-order valence-electron chi connectivity index (χ1n) is 4.06. The number of thioether (sulfide) groups is 1. The third kappa shape index (κ3) is 4.20. The monoisotopic (exact) mass is 236 g/mol. The molecule has 0 bridgehead atoms. The second kappa shape index (κ2) is 5.73. The molecule has 1 unspecified atom stereocenters. The van der Waals surface area contributed by atoms with Crippen molar-refractivity contribution in [2.75, 3.05) is 23.9 Å². The zero-order chi connectivity index (χ0) is 9.68. The summed E-state index contributed by atoms with van der Waals surface area (Å²) in [5, 5.41) is 6.58. The van der Waals surface area contributed by atoms with E-state index in [4.69, 9.17) is 11.6 Å². The molecule has 1 aromatic rings. The highest BCUT2D eigenvalue weighted by Gasteiger charge is 2.02. The smallest absolute Gasteiger partial charge is 0.184 e. The standard InChI is InChI=1S/C8H13ClN2S2/c1-6(4-12-2)3-10-8-11-7(9)5-13-8/h5-6H,3-4H2,1-2H3,(H,10,11). The summed E-state index contributed by atoms with van der Waals surface area (Å²) in [4.78, 5) is 4.11. The number of aromatic nitrogens is 1. The molecule has 0 radical (unpaired) electrons. The van der Waals surface area contributed by atoms with E-state index >= 15 is 0 Å². The van der Waals surface area contributed by atoms with Gasteiger partial charge in [0, 0.05) is 11.9 Å². The topological polar surface area (TPSA) is 24.9 Å². The van der Waals surface area contributed by atoms with Crippen LogP contribution in [0.2, 0.25) is 5.15 Å². The van der Waals surface area contributed by atoms with Gasteiger partial charge in [0.1, 0.15) is 5.15 Å². The van der Waals surface area contributed by atoms with Crippen molar-refractivity contribution in [3.05, 3.63) is 10.5 Å². The highest BCUT2D eigenvalue weighted by Crippen LogP contribution is 2.19. The average molecular weight is 237 g/mol. The van der Waals surface area contributed by atoms with Crippen LogP contribution >= 0.6 is 34.7 Å². The van der Waals surface area contributed by atoms with Crippen molar-refractivity contribution < 1.29 is 0 Å². The molecule has 0 aliphatic heterocycles. The van der Waals surface area contributed by atoms with Crippen LogP contribution < -0.4 is 5.32 Å². The van der Waals surface area contributed by atoms with Crippen molar-refractivity contribution in [1.82, 2.24) is 4.98 Å². The quantitative estimate of drug-likeness (QED) is 0.850. The van der Waals surface area contributed by atoms with Gasteiger partial charge in [-0.25, -0.2) is 4.98 Å². The molecular formula is C8H13ClN2S2. The van der Waals surface area contributed by atoms with Crippen LogP contribution in [0.4, 0.5) is 5.13 Å². The Labute approximate surface area is 92.1 Å². The third-order valence-electron chi connectivity index (χ3n) is 1.53. The van der Waals surface area contributed by atoms with E-state index in [9.17, 15) is 0 Å². The van der Waals surface area contributed by atoms with E-state index in [1.165, 1.54) is 5.75 Å². The Morgan fingerprint density at radius 1 is 1.77 bits per heavy atom. The van der Waals surface area contributed by atoms with Crippen molar-refractivity contribution in [2.24, 2.45) is 5.92 Å². The zero-order valence-corrected chi connectivity index (χ0v) is 10.1. The highest BCUT2D eigenvalue weighted by molar-refractivity contribution is 7.98.